The van der Waals surface area contributed by atoms with Crippen LogP contribution >= 0.6 is 0 Å². The lowest BCUT2D eigenvalue weighted by atomic mass is 10.2. The molecule has 6 nitrogen and oxygen atoms in total. The first-order valence-corrected chi connectivity index (χ1v) is 8.51. The fraction of sp³-hybridized carbons (Fsp3) is 0.300. The number of esters is 1. The molecule has 0 saturated heterocycles. The van der Waals surface area contributed by atoms with Gasteiger partial charge >= 0.3 is 5.97 Å². The molecule has 6 heteroatoms. The zero-order valence-corrected chi connectivity index (χ0v) is 14.7. The van der Waals surface area contributed by atoms with E-state index in [4.69, 9.17) is 14.7 Å². The smallest absolute Gasteiger partial charge is 0.305 e. The zero-order chi connectivity index (χ0) is 18.6. The van der Waals surface area contributed by atoms with E-state index in [-0.39, 0.29) is 5.97 Å². The van der Waals surface area contributed by atoms with Gasteiger partial charge in [0, 0.05) is 6.42 Å². The standard InChI is InChI=1S/C20H21N3O3/c1-2-25-20(24)5-3-4-14-26-19-12-10-18(11-13-19)23-22-17-8-6-16(15-21)7-9-17/h6-13H,2-5,14H2,1H3. The lowest BCUT2D eigenvalue weighted by Crippen LogP contribution is -2.05. The first-order valence-electron chi connectivity index (χ1n) is 8.51. The van der Waals surface area contributed by atoms with Crippen LogP contribution in [0.5, 0.6) is 5.75 Å². The van der Waals surface area contributed by atoms with Crippen molar-refractivity contribution in [2.24, 2.45) is 10.2 Å². The van der Waals surface area contributed by atoms with Gasteiger partial charge in [-0.1, -0.05) is 0 Å². The second-order valence-corrected chi connectivity index (χ2v) is 5.46. The van der Waals surface area contributed by atoms with Crippen LogP contribution in [-0.4, -0.2) is 19.2 Å². The third-order valence-electron chi connectivity index (χ3n) is 3.46. The van der Waals surface area contributed by atoms with Crippen molar-refractivity contribution < 1.29 is 14.3 Å². The van der Waals surface area contributed by atoms with E-state index in [0.29, 0.717) is 36.6 Å². The molecule has 0 radical (unpaired) electrons. The van der Waals surface area contributed by atoms with E-state index in [0.717, 1.165) is 18.6 Å². The Labute approximate surface area is 153 Å². The highest BCUT2D eigenvalue weighted by molar-refractivity contribution is 5.69. The summed E-state index contributed by atoms with van der Waals surface area (Å²) in [5.74, 6) is 0.586. The molecule has 2 rings (SSSR count). The molecule has 2 aromatic carbocycles. The van der Waals surface area contributed by atoms with Crippen molar-refractivity contribution >= 4 is 17.3 Å². The van der Waals surface area contributed by atoms with Crippen LogP contribution in [0.15, 0.2) is 58.8 Å². The molecule has 0 aromatic heterocycles. The van der Waals surface area contributed by atoms with E-state index in [2.05, 4.69) is 16.3 Å². The number of nitrogens with zero attached hydrogens (tertiary/aromatic N) is 3. The third kappa shape index (κ3) is 6.73. The zero-order valence-electron chi connectivity index (χ0n) is 14.7. The second kappa shape index (κ2) is 10.6. The molecular formula is C20H21N3O3. The van der Waals surface area contributed by atoms with E-state index >= 15 is 0 Å². The molecule has 0 N–H and O–H groups in total. The van der Waals surface area contributed by atoms with Crippen LogP contribution < -0.4 is 4.74 Å². The molecule has 0 aliphatic rings. The SMILES string of the molecule is CCOC(=O)CCCCOc1ccc(N=Nc2ccc(C#N)cc2)cc1. The molecular weight excluding hydrogens is 330 g/mol. The van der Waals surface area contributed by atoms with Gasteiger partial charge < -0.3 is 9.47 Å². The highest BCUT2D eigenvalue weighted by Gasteiger charge is 2.01. The van der Waals surface area contributed by atoms with Crippen molar-refractivity contribution in [1.29, 1.82) is 5.26 Å². The van der Waals surface area contributed by atoms with Crippen LogP contribution in [0.2, 0.25) is 0 Å². The summed E-state index contributed by atoms with van der Waals surface area (Å²) in [6.45, 7) is 2.77. The number of nitriles is 1. The summed E-state index contributed by atoms with van der Waals surface area (Å²) >= 11 is 0. The van der Waals surface area contributed by atoms with Crippen molar-refractivity contribution in [2.45, 2.75) is 26.2 Å². The van der Waals surface area contributed by atoms with Gasteiger partial charge in [-0.3, -0.25) is 4.79 Å². The Morgan fingerprint density at radius 3 is 2.19 bits per heavy atom. The molecule has 0 fully saturated rings. The summed E-state index contributed by atoms with van der Waals surface area (Å²) in [6, 6.07) is 16.3. The van der Waals surface area contributed by atoms with Gasteiger partial charge in [-0.15, -0.1) is 0 Å². The van der Waals surface area contributed by atoms with Crippen molar-refractivity contribution in [2.75, 3.05) is 13.2 Å². The molecule has 0 atom stereocenters. The minimum Gasteiger partial charge on any atom is -0.494 e. The van der Waals surface area contributed by atoms with Gasteiger partial charge in [-0.25, -0.2) is 0 Å². The largest absolute Gasteiger partial charge is 0.494 e. The maximum atomic E-state index is 11.2. The predicted octanol–water partition coefficient (Wildman–Crippen LogP) is 5.09. The van der Waals surface area contributed by atoms with Gasteiger partial charge in [-0.2, -0.15) is 15.5 Å². The van der Waals surface area contributed by atoms with Crippen LogP contribution in [0.25, 0.3) is 0 Å². The molecule has 0 bridgehead atoms. The normalized spacial score (nSPS) is 10.5. The number of ether oxygens (including phenoxy) is 2. The molecule has 0 amide bonds. The summed E-state index contributed by atoms with van der Waals surface area (Å²) in [5.41, 5.74) is 1.99. The lowest BCUT2D eigenvalue weighted by molar-refractivity contribution is -0.143. The number of benzene rings is 2. The Balaban J connectivity index is 1.74. The van der Waals surface area contributed by atoms with E-state index < -0.39 is 0 Å². The fourth-order valence-corrected chi connectivity index (χ4v) is 2.12. The van der Waals surface area contributed by atoms with Crippen LogP contribution in [0.4, 0.5) is 11.4 Å². The van der Waals surface area contributed by atoms with E-state index in [1.54, 1.807) is 31.2 Å². The van der Waals surface area contributed by atoms with Crippen LogP contribution in [0, 0.1) is 11.3 Å². The average Bonchev–Trinajstić information content (AvgIpc) is 2.67. The Hall–Kier alpha value is -3.20. The molecule has 0 aliphatic heterocycles. The summed E-state index contributed by atoms with van der Waals surface area (Å²) in [6.07, 6.45) is 1.96. The molecule has 0 unspecified atom stereocenters. The van der Waals surface area contributed by atoms with Crippen molar-refractivity contribution in [3.05, 3.63) is 54.1 Å². The number of hydrogen-bond donors (Lipinski definition) is 0. The van der Waals surface area contributed by atoms with Crippen LogP contribution in [-0.2, 0) is 9.53 Å². The molecule has 0 heterocycles. The number of carbonyl (C=O) groups excluding carboxylic acids is 1. The Bertz CT molecular complexity index is 762. The monoisotopic (exact) mass is 351 g/mol. The van der Waals surface area contributed by atoms with Crippen molar-refractivity contribution in [1.82, 2.24) is 0 Å². The van der Waals surface area contributed by atoms with E-state index in [9.17, 15) is 4.79 Å². The van der Waals surface area contributed by atoms with Crippen molar-refractivity contribution in [3.8, 4) is 11.8 Å². The molecule has 0 spiro atoms. The highest BCUT2D eigenvalue weighted by Crippen LogP contribution is 2.21. The molecule has 2 aromatic rings. The summed E-state index contributed by atoms with van der Waals surface area (Å²) in [4.78, 5) is 11.2. The molecule has 134 valence electrons. The van der Waals surface area contributed by atoms with Gasteiger partial charge in [0.1, 0.15) is 5.75 Å². The maximum Gasteiger partial charge on any atom is 0.305 e. The number of unbranched alkanes of at least 4 members (excludes halogenated alkanes) is 1. The quantitative estimate of drug-likeness (QED) is 0.358. The van der Waals surface area contributed by atoms with E-state index in [1.807, 2.05) is 24.3 Å². The van der Waals surface area contributed by atoms with Gasteiger partial charge in [0.25, 0.3) is 0 Å². The molecule has 26 heavy (non-hydrogen) atoms. The summed E-state index contributed by atoms with van der Waals surface area (Å²) in [7, 11) is 0. The predicted molar refractivity (Wildman–Crippen MR) is 97.8 cm³/mol. The summed E-state index contributed by atoms with van der Waals surface area (Å²) < 4.78 is 10.5. The van der Waals surface area contributed by atoms with Gasteiger partial charge in [0.2, 0.25) is 0 Å². The van der Waals surface area contributed by atoms with Gasteiger partial charge in [0.15, 0.2) is 0 Å². The number of carbonyl (C=O) groups is 1. The average molecular weight is 351 g/mol. The fourth-order valence-electron chi connectivity index (χ4n) is 2.12. The minimum atomic E-state index is -0.163. The third-order valence-corrected chi connectivity index (χ3v) is 3.46. The Morgan fingerprint density at radius 1 is 1.00 bits per heavy atom. The minimum absolute atomic E-state index is 0.163. The summed E-state index contributed by atoms with van der Waals surface area (Å²) in [5, 5.41) is 17.0. The lowest BCUT2D eigenvalue weighted by Gasteiger charge is -2.06. The maximum absolute atomic E-state index is 11.2. The number of rotatable bonds is 9. The molecule has 0 saturated carbocycles. The Kier molecular flexibility index (Phi) is 7.81. The molecule has 0 aliphatic carbocycles. The van der Waals surface area contributed by atoms with Gasteiger partial charge in [0.05, 0.1) is 36.2 Å². The number of azo groups is 1. The van der Waals surface area contributed by atoms with Crippen molar-refractivity contribution in [3.63, 3.8) is 0 Å². The highest BCUT2D eigenvalue weighted by atomic mass is 16.5. The van der Waals surface area contributed by atoms with Crippen LogP contribution in [0.3, 0.4) is 0 Å². The van der Waals surface area contributed by atoms with Crippen LogP contribution in [0.1, 0.15) is 31.7 Å². The van der Waals surface area contributed by atoms with E-state index in [1.165, 1.54) is 0 Å². The second-order valence-electron chi connectivity index (χ2n) is 5.46. The Morgan fingerprint density at radius 2 is 1.62 bits per heavy atom. The first-order chi connectivity index (χ1) is 12.7. The topological polar surface area (TPSA) is 84.0 Å². The first kappa shape index (κ1) is 19.1. The van der Waals surface area contributed by atoms with Gasteiger partial charge in [-0.05, 0) is 68.3 Å². The number of hydrogen-bond acceptors (Lipinski definition) is 6.